The van der Waals surface area contributed by atoms with Gasteiger partial charge in [-0.3, -0.25) is 4.79 Å². The summed E-state index contributed by atoms with van der Waals surface area (Å²) in [6, 6.07) is 9.64. The molecule has 0 aliphatic heterocycles. The first kappa shape index (κ1) is 13.8. The molecule has 0 fully saturated rings. The third kappa shape index (κ3) is 2.64. The molecule has 0 saturated heterocycles. The number of H-pyrrole nitrogens is 1. The highest BCUT2D eigenvalue weighted by Crippen LogP contribution is 2.13. The predicted octanol–water partition coefficient (Wildman–Crippen LogP) is 2.37. The molecule has 2 rings (SSSR count). The summed E-state index contributed by atoms with van der Waals surface area (Å²) in [4.78, 5) is 14.3. The maximum absolute atomic E-state index is 11.2. The molecule has 0 spiro atoms. The van der Waals surface area contributed by atoms with E-state index in [1.165, 1.54) is 0 Å². The first-order valence-corrected chi connectivity index (χ1v) is 4.11. The highest BCUT2D eigenvalue weighted by molar-refractivity contribution is 5.97. The molecule has 0 aliphatic carbocycles. The summed E-state index contributed by atoms with van der Waals surface area (Å²) in [6.45, 7) is 0. The molecule has 3 nitrogen and oxygen atoms in total. The normalized spacial score (nSPS) is 8.87. The van der Waals surface area contributed by atoms with Gasteiger partial charge < -0.3 is 10.3 Å². The summed E-state index contributed by atoms with van der Waals surface area (Å²) in [6.07, 6.45) is 0. The van der Waals surface area contributed by atoms with E-state index in [0.29, 0.717) is 5.69 Å². The van der Waals surface area contributed by atoms with Crippen LogP contribution in [0.1, 0.15) is 10.5 Å². The van der Waals surface area contributed by atoms with Crippen LogP contribution in [0, 0.1) is 0 Å². The van der Waals surface area contributed by atoms with E-state index in [1.807, 2.05) is 30.3 Å². The predicted molar refractivity (Wildman–Crippen MR) is 66.2 cm³/mol. The summed E-state index contributed by atoms with van der Waals surface area (Å²) in [5.74, 6) is -0.0869. The molecular weight excluding hydrogens is 235 g/mol. The molecule has 0 saturated carbocycles. The van der Waals surface area contributed by atoms with Gasteiger partial charge in [0.2, 0.25) is 0 Å². The molecule has 0 unspecified atom stereocenters. The number of hydrogen-bond donors (Lipinski definition) is 2. The molecular formula is C10H12Cl2N2O. The Balaban J connectivity index is 0.000000980. The Hall–Kier alpha value is -1.19. The quantitative estimate of drug-likeness (QED) is 0.798. The largest absolute Gasteiger partial charge is 0.354 e. The number of para-hydroxylation sites is 1. The van der Waals surface area contributed by atoms with E-state index >= 15 is 0 Å². The Morgan fingerprint density at radius 3 is 2.53 bits per heavy atom. The topological polar surface area (TPSA) is 44.9 Å². The van der Waals surface area contributed by atoms with Gasteiger partial charge in [0.15, 0.2) is 0 Å². The minimum absolute atomic E-state index is 0. The maximum Gasteiger partial charge on any atom is 0.267 e. The van der Waals surface area contributed by atoms with Gasteiger partial charge in [-0.05, 0) is 12.1 Å². The number of aromatic nitrogens is 1. The number of carbonyl (C=O) groups excluding carboxylic acids is 1. The van der Waals surface area contributed by atoms with Crippen LogP contribution in [0.3, 0.4) is 0 Å². The number of nitrogens with one attached hydrogen (secondary N) is 2. The molecule has 1 heterocycles. The first-order valence-electron chi connectivity index (χ1n) is 4.11. The van der Waals surface area contributed by atoms with Crippen LogP contribution >= 0.6 is 24.8 Å². The van der Waals surface area contributed by atoms with E-state index in [1.54, 1.807) is 7.05 Å². The molecule has 0 radical (unpaired) electrons. The molecule has 2 aromatic rings. The number of halogens is 2. The highest BCUT2D eigenvalue weighted by atomic mass is 35.5. The van der Waals surface area contributed by atoms with Crippen LogP contribution in [0.25, 0.3) is 10.9 Å². The third-order valence-electron chi connectivity index (χ3n) is 2.00. The number of rotatable bonds is 1. The first-order chi connectivity index (χ1) is 6.31. The number of fused-ring (bicyclic) bond motifs is 1. The van der Waals surface area contributed by atoms with Crippen LogP contribution in [0.15, 0.2) is 30.3 Å². The summed E-state index contributed by atoms with van der Waals surface area (Å²) < 4.78 is 0. The zero-order valence-corrected chi connectivity index (χ0v) is 9.74. The van der Waals surface area contributed by atoms with Crippen LogP contribution < -0.4 is 5.32 Å². The van der Waals surface area contributed by atoms with Crippen LogP contribution in [0.2, 0.25) is 0 Å². The second-order valence-electron chi connectivity index (χ2n) is 2.85. The van der Waals surface area contributed by atoms with Gasteiger partial charge in [0.05, 0.1) is 0 Å². The van der Waals surface area contributed by atoms with Gasteiger partial charge in [0.25, 0.3) is 5.91 Å². The Bertz CT molecular complexity index is 420. The summed E-state index contributed by atoms with van der Waals surface area (Å²) in [5, 5.41) is 3.63. The van der Waals surface area contributed by atoms with Crippen molar-refractivity contribution < 1.29 is 4.79 Å². The van der Waals surface area contributed by atoms with Gasteiger partial charge in [-0.15, -0.1) is 24.8 Å². The number of aromatic amines is 1. The summed E-state index contributed by atoms with van der Waals surface area (Å²) in [5.41, 5.74) is 1.59. The number of amides is 1. The average molecular weight is 247 g/mol. The van der Waals surface area contributed by atoms with Crippen LogP contribution in [0.4, 0.5) is 0 Å². The molecule has 82 valence electrons. The number of carbonyl (C=O) groups is 1. The van der Waals surface area contributed by atoms with Gasteiger partial charge in [-0.1, -0.05) is 18.2 Å². The van der Waals surface area contributed by atoms with Gasteiger partial charge in [0, 0.05) is 18.0 Å². The summed E-state index contributed by atoms with van der Waals surface area (Å²) >= 11 is 0. The number of hydrogen-bond acceptors (Lipinski definition) is 1. The molecule has 1 amide bonds. The van der Waals surface area contributed by atoms with Crippen LogP contribution in [0.5, 0.6) is 0 Å². The van der Waals surface area contributed by atoms with E-state index < -0.39 is 0 Å². The Labute approximate surface area is 100 Å². The van der Waals surface area contributed by atoms with E-state index in [4.69, 9.17) is 0 Å². The second kappa shape index (κ2) is 5.63. The lowest BCUT2D eigenvalue weighted by atomic mass is 10.2. The fraction of sp³-hybridized carbons (Fsp3) is 0.100. The molecule has 1 aromatic carbocycles. The smallest absolute Gasteiger partial charge is 0.267 e. The van der Waals surface area contributed by atoms with E-state index in [-0.39, 0.29) is 30.7 Å². The van der Waals surface area contributed by atoms with Crippen molar-refractivity contribution in [2.45, 2.75) is 0 Å². The molecule has 15 heavy (non-hydrogen) atoms. The van der Waals surface area contributed by atoms with Gasteiger partial charge in [-0.25, -0.2) is 0 Å². The summed E-state index contributed by atoms with van der Waals surface area (Å²) in [7, 11) is 1.62. The fourth-order valence-electron chi connectivity index (χ4n) is 1.33. The lowest BCUT2D eigenvalue weighted by Crippen LogP contribution is -2.17. The van der Waals surface area contributed by atoms with E-state index in [9.17, 15) is 4.79 Å². The van der Waals surface area contributed by atoms with Crippen molar-refractivity contribution in [3.05, 3.63) is 36.0 Å². The molecule has 0 atom stereocenters. The SMILES string of the molecule is CNC(=O)c1cc2ccccc2[nH]1.Cl.Cl. The van der Waals surface area contributed by atoms with Crippen molar-refractivity contribution in [3.8, 4) is 0 Å². The van der Waals surface area contributed by atoms with Gasteiger partial charge >= 0.3 is 0 Å². The average Bonchev–Trinajstić information content (AvgIpc) is 2.59. The zero-order valence-electron chi connectivity index (χ0n) is 8.11. The van der Waals surface area contributed by atoms with E-state index in [2.05, 4.69) is 10.3 Å². The molecule has 2 N–H and O–H groups in total. The lowest BCUT2D eigenvalue weighted by molar-refractivity contribution is 0.0959. The minimum Gasteiger partial charge on any atom is -0.354 e. The van der Waals surface area contributed by atoms with Crippen molar-refractivity contribution >= 4 is 41.6 Å². The molecule has 1 aromatic heterocycles. The highest BCUT2D eigenvalue weighted by Gasteiger charge is 2.05. The zero-order chi connectivity index (χ0) is 9.26. The Kier molecular flexibility index (Phi) is 5.19. The van der Waals surface area contributed by atoms with Crippen molar-refractivity contribution in [2.75, 3.05) is 7.05 Å². The minimum atomic E-state index is -0.0869. The monoisotopic (exact) mass is 246 g/mol. The molecule has 0 aliphatic rings. The second-order valence-corrected chi connectivity index (χ2v) is 2.85. The number of benzene rings is 1. The van der Waals surface area contributed by atoms with Gasteiger partial charge in [0.1, 0.15) is 5.69 Å². The van der Waals surface area contributed by atoms with Crippen molar-refractivity contribution in [1.82, 2.24) is 10.3 Å². The van der Waals surface area contributed by atoms with Crippen molar-refractivity contribution in [3.63, 3.8) is 0 Å². The van der Waals surface area contributed by atoms with E-state index in [0.717, 1.165) is 10.9 Å². The Morgan fingerprint density at radius 2 is 1.93 bits per heavy atom. The van der Waals surface area contributed by atoms with Crippen molar-refractivity contribution in [1.29, 1.82) is 0 Å². The van der Waals surface area contributed by atoms with Gasteiger partial charge in [-0.2, -0.15) is 0 Å². The standard InChI is InChI=1S/C10H10N2O.2ClH/c1-11-10(13)9-6-7-4-2-3-5-8(7)12-9;;/h2-6,12H,1H3,(H,11,13);2*1H. The Morgan fingerprint density at radius 1 is 1.27 bits per heavy atom. The maximum atomic E-state index is 11.2. The fourth-order valence-corrected chi connectivity index (χ4v) is 1.33. The van der Waals surface area contributed by atoms with Crippen molar-refractivity contribution in [2.24, 2.45) is 0 Å². The molecule has 0 bridgehead atoms. The lowest BCUT2D eigenvalue weighted by Gasteiger charge is -1.92. The third-order valence-corrected chi connectivity index (χ3v) is 2.00. The molecule has 5 heteroatoms. The van der Waals surface area contributed by atoms with Crippen LogP contribution in [-0.4, -0.2) is 17.9 Å². The van der Waals surface area contributed by atoms with Crippen LogP contribution in [-0.2, 0) is 0 Å².